The first kappa shape index (κ1) is 21.1. The van der Waals surface area contributed by atoms with Crippen molar-refractivity contribution in [1.29, 1.82) is 0 Å². The maximum atomic E-state index is 13.3. The lowest BCUT2D eigenvalue weighted by Crippen LogP contribution is -2.38. The molecule has 146 valence electrons. The fourth-order valence-electron chi connectivity index (χ4n) is 2.76. The summed E-state index contributed by atoms with van der Waals surface area (Å²) >= 11 is 0. The van der Waals surface area contributed by atoms with E-state index in [2.05, 4.69) is 30.8 Å². The first-order valence-electron chi connectivity index (χ1n) is 8.71. The zero-order valence-electron chi connectivity index (χ0n) is 15.7. The third-order valence-electron chi connectivity index (χ3n) is 4.32. The molecule has 7 nitrogen and oxygen atoms in total. The molecule has 9 heteroatoms. The molecule has 0 aliphatic rings. The van der Waals surface area contributed by atoms with Crippen molar-refractivity contribution in [3.63, 3.8) is 0 Å². The van der Waals surface area contributed by atoms with Crippen molar-refractivity contribution in [3.8, 4) is 0 Å². The van der Waals surface area contributed by atoms with Gasteiger partial charge in [0.25, 0.3) is 0 Å². The summed E-state index contributed by atoms with van der Waals surface area (Å²) in [7, 11) is 1.93. The molecular formula is C18H25FIN7. The number of rotatable bonds is 6. The number of H-pyrrole nitrogens is 1. The highest BCUT2D eigenvalue weighted by Gasteiger charge is 2.07. The van der Waals surface area contributed by atoms with Gasteiger partial charge < -0.3 is 20.2 Å². The van der Waals surface area contributed by atoms with E-state index in [0.717, 1.165) is 47.0 Å². The number of aliphatic imine (C=N–C) groups is 1. The summed E-state index contributed by atoms with van der Waals surface area (Å²) in [6.07, 6.45) is 2.73. The number of benzene rings is 1. The molecule has 0 bridgehead atoms. The average molecular weight is 485 g/mol. The standard InChI is InChI=1S/C18H24FN7.HI/c1-4-20-18(23-11-17-25-24-12(2)26(17)3)21-8-7-13-10-22-16-9-14(19)5-6-15(13)16;/h5-6,9-10,22H,4,7-8,11H2,1-3H3,(H2,20,21,23);1H. The third kappa shape index (κ3) is 5.18. The number of hydrogen-bond acceptors (Lipinski definition) is 3. The molecular weight excluding hydrogens is 460 g/mol. The molecule has 0 saturated heterocycles. The summed E-state index contributed by atoms with van der Waals surface area (Å²) in [6.45, 7) is 5.89. The topological polar surface area (TPSA) is 82.9 Å². The maximum Gasteiger partial charge on any atom is 0.191 e. The quantitative estimate of drug-likeness (QED) is 0.285. The highest BCUT2D eigenvalue weighted by atomic mass is 127. The summed E-state index contributed by atoms with van der Waals surface area (Å²) in [5, 5.41) is 15.8. The van der Waals surface area contributed by atoms with Gasteiger partial charge in [-0.05, 0) is 44.0 Å². The smallest absolute Gasteiger partial charge is 0.191 e. The first-order valence-corrected chi connectivity index (χ1v) is 8.71. The van der Waals surface area contributed by atoms with Gasteiger partial charge in [0.2, 0.25) is 0 Å². The second-order valence-corrected chi connectivity index (χ2v) is 6.10. The van der Waals surface area contributed by atoms with Crippen LogP contribution in [0.3, 0.4) is 0 Å². The van der Waals surface area contributed by atoms with E-state index in [1.807, 2.05) is 37.7 Å². The number of hydrogen-bond donors (Lipinski definition) is 3. The molecule has 0 atom stereocenters. The normalized spacial score (nSPS) is 11.5. The van der Waals surface area contributed by atoms with Crippen LogP contribution in [-0.4, -0.2) is 38.8 Å². The van der Waals surface area contributed by atoms with Crippen molar-refractivity contribution >= 4 is 40.8 Å². The summed E-state index contributed by atoms with van der Waals surface area (Å²) < 4.78 is 15.2. The Morgan fingerprint density at radius 3 is 2.81 bits per heavy atom. The van der Waals surface area contributed by atoms with Crippen LogP contribution in [0, 0.1) is 12.7 Å². The number of aryl methyl sites for hydroxylation is 1. The number of guanidine groups is 1. The van der Waals surface area contributed by atoms with Crippen LogP contribution in [0.4, 0.5) is 4.39 Å². The monoisotopic (exact) mass is 485 g/mol. The lowest BCUT2D eigenvalue weighted by Gasteiger charge is -2.11. The summed E-state index contributed by atoms with van der Waals surface area (Å²) in [5.41, 5.74) is 1.96. The summed E-state index contributed by atoms with van der Waals surface area (Å²) in [6, 6.07) is 4.81. The van der Waals surface area contributed by atoms with E-state index in [1.165, 1.54) is 12.1 Å². The van der Waals surface area contributed by atoms with Crippen LogP contribution in [0.1, 0.15) is 24.1 Å². The lowest BCUT2D eigenvalue weighted by molar-refractivity contribution is 0.629. The van der Waals surface area contributed by atoms with Crippen molar-refractivity contribution in [1.82, 2.24) is 30.4 Å². The Morgan fingerprint density at radius 2 is 2.11 bits per heavy atom. The summed E-state index contributed by atoms with van der Waals surface area (Å²) in [4.78, 5) is 7.68. The molecule has 0 unspecified atom stereocenters. The molecule has 0 radical (unpaired) electrons. The van der Waals surface area contributed by atoms with Gasteiger partial charge in [-0.15, -0.1) is 34.2 Å². The largest absolute Gasteiger partial charge is 0.361 e. The van der Waals surface area contributed by atoms with E-state index >= 15 is 0 Å². The number of aromatic nitrogens is 4. The van der Waals surface area contributed by atoms with Crippen LogP contribution in [-0.2, 0) is 20.0 Å². The number of nitrogens with one attached hydrogen (secondary N) is 3. The fourth-order valence-corrected chi connectivity index (χ4v) is 2.76. The lowest BCUT2D eigenvalue weighted by atomic mass is 10.1. The molecule has 27 heavy (non-hydrogen) atoms. The number of nitrogens with zero attached hydrogens (tertiary/aromatic N) is 4. The van der Waals surface area contributed by atoms with Gasteiger partial charge in [-0.3, -0.25) is 0 Å². The van der Waals surface area contributed by atoms with E-state index < -0.39 is 0 Å². The highest BCUT2D eigenvalue weighted by Crippen LogP contribution is 2.19. The van der Waals surface area contributed by atoms with Gasteiger partial charge in [-0.25, -0.2) is 9.38 Å². The second-order valence-electron chi connectivity index (χ2n) is 6.10. The van der Waals surface area contributed by atoms with E-state index in [9.17, 15) is 4.39 Å². The molecule has 0 aliphatic heterocycles. The van der Waals surface area contributed by atoms with Gasteiger partial charge in [-0.2, -0.15) is 0 Å². The van der Waals surface area contributed by atoms with Crippen molar-refractivity contribution < 1.29 is 4.39 Å². The van der Waals surface area contributed by atoms with E-state index in [0.29, 0.717) is 13.1 Å². The minimum atomic E-state index is -0.232. The van der Waals surface area contributed by atoms with E-state index in [-0.39, 0.29) is 29.8 Å². The minimum Gasteiger partial charge on any atom is -0.361 e. The van der Waals surface area contributed by atoms with E-state index in [4.69, 9.17) is 0 Å². The molecule has 0 saturated carbocycles. The maximum absolute atomic E-state index is 13.3. The molecule has 3 aromatic rings. The Kier molecular flexibility index (Phi) is 7.57. The van der Waals surface area contributed by atoms with Gasteiger partial charge in [0.15, 0.2) is 11.8 Å². The van der Waals surface area contributed by atoms with Gasteiger partial charge in [-0.1, -0.05) is 0 Å². The van der Waals surface area contributed by atoms with Gasteiger partial charge in [0.1, 0.15) is 18.2 Å². The first-order chi connectivity index (χ1) is 12.6. The van der Waals surface area contributed by atoms with Crippen LogP contribution in [0.15, 0.2) is 29.4 Å². The molecule has 0 amide bonds. The van der Waals surface area contributed by atoms with Crippen LogP contribution >= 0.6 is 24.0 Å². The number of fused-ring (bicyclic) bond motifs is 1. The second kappa shape index (κ2) is 9.67. The Balaban J connectivity index is 0.00000261. The van der Waals surface area contributed by atoms with Gasteiger partial charge in [0.05, 0.1) is 0 Å². The molecule has 2 heterocycles. The van der Waals surface area contributed by atoms with Crippen LogP contribution in [0.5, 0.6) is 0 Å². The molecule has 3 rings (SSSR count). The molecule has 0 fully saturated rings. The van der Waals surface area contributed by atoms with Crippen LogP contribution in [0.2, 0.25) is 0 Å². The van der Waals surface area contributed by atoms with Crippen molar-refractivity contribution in [3.05, 3.63) is 47.4 Å². The predicted octanol–water partition coefficient (Wildman–Crippen LogP) is 2.66. The predicted molar refractivity (Wildman–Crippen MR) is 116 cm³/mol. The fraction of sp³-hybridized carbons (Fsp3) is 0.389. The molecule has 3 N–H and O–H groups in total. The SMILES string of the molecule is CCNC(=NCc1nnc(C)n1C)NCCc1c[nH]c2cc(F)ccc12.I. The average Bonchev–Trinajstić information content (AvgIpc) is 3.16. The van der Waals surface area contributed by atoms with Gasteiger partial charge in [0, 0.05) is 37.2 Å². The van der Waals surface area contributed by atoms with Crippen molar-refractivity contribution in [2.75, 3.05) is 13.1 Å². The van der Waals surface area contributed by atoms with Crippen LogP contribution < -0.4 is 10.6 Å². The molecule has 0 spiro atoms. The van der Waals surface area contributed by atoms with Crippen LogP contribution in [0.25, 0.3) is 10.9 Å². The Morgan fingerprint density at radius 1 is 1.30 bits per heavy atom. The number of aromatic amines is 1. The minimum absolute atomic E-state index is 0. The van der Waals surface area contributed by atoms with Crippen molar-refractivity contribution in [2.24, 2.45) is 12.0 Å². The zero-order valence-corrected chi connectivity index (χ0v) is 18.0. The Labute approximate surface area is 174 Å². The number of halogens is 2. The molecule has 2 aromatic heterocycles. The highest BCUT2D eigenvalue weighted by molar-refractivity contribution is 14.0. The molecule has 1 aromatic carbocycles. The summed E-state index contributed by atoms with van der Waals surface area (Å²) in [5.74, 6) is 2.19. The van der Waals surface area contributed by atoms with E-state index in [1.54, 1.807) is 0 Å². The molecule has 0 aliphatic carbocycles. The van der Waals surface area contributed by atoms with Gasteiger partial charge >= 0.3 is 0 Å². The Bertz CT molecular complexity index is 916. The van der Waals surface area contributed by atoms with Crippen molar-refractivity contribution in [2.45, 2.75) is 26.8 Å². The zero-order chi connectivity index (χ0) is 18.5. The Hall–Kier alpha value is -2.17. The third-order valence-corrected chi connectivity index (χ3v) is 4.32.